The summed E-state index contributed by atoms with van der Waals surface area (Å²) in [5.41, 5.74) is -1.67. The number of rotatable bonds is 11. The molecule has 1 aromatic carbocycles. The number of piperidine rings is 1. The summed E-state index contributed by atoms with van der Waals surface area (Å²) in [7, 11) is 0. The van der Waals surface area contributed by atoms with Crippen molar-refractivity contribution in [3.8, 4) is 11.3 Å². The first kappa shape index (κ1) is 34.5. The third-order valence-corrected chi connectivity index (χ3v) is 7.60. The lowest BCUT2D eigenvalue weighted by Gasteiger charge is -2.37. The lowest BCUT2D eigenvalue weighted by molar-refractivity contribution is -0.155. The van der Waals surface area contributed by atoms with Crippen LogP contribution in [0.1, 0.15) is 102 Å². The van der Waals surface area contributed by atoms with Crippen LogP contribution in [0.2, 0.25) is 0 Å². The molecule has 1 aliphatic rings. The number of esters is 1. The number of amides is 1. The lowest BCUT2D eigenvalue weighted by Crippen LogP contribution is -2.49. The molecule has 2 aromatic rings. The van der Waals surface area contributed by atoms with Gasteiger partial charge in [-0.05, 0) is 72.1 Å². The van der Waals surface area contributed by atoms with Crippen molar-refractivity contribution >= 4 is 11.9 Å². The van der Waals surface area contributed by atoms with Crippen molar-refractivity contribution in [3.63, 3.8) is 0 Å². The molecule has 1 aromatic heterocycles. The van der Waals surface area contributed by atoms with E-state index in [2.05, 4.69) is 10.4 Å². The molecule has 240 valence electrons. The number of alkyl halides is 5. The van der Waals surface area contributed by atoms with E-state index in [1.807, 2.05) is 13.8 Å². The summed E-state index contributed by atoms with van der Waals surface area (Å²) in [5.74, 6) is -4.07. The minimum atomic E-state index is -4.62. The van der Waals surface area contributed by atoms with Crippen LogP contribution >= 0.6 is 0 Å². The second-order valence-electron chi connectivity index (χ2n) is 12.3. The Kier molecular flexibility index (Phi) is 11.0. The molecule has 1 aliphatic heterocycles. The number of halogens is 5. The Morgan fingerprint density at radius 2 is 1.77 bits per heavy atom. The summed E-state index contributed by atoms with van der Waals surface area (Å²) in [5, 5.41) is 7.24. The summed E-state index contributed by atoms with van der Waals surface area (Å²) in [6.07, 6.45) is -3.38. The molecule has 1 amide bonds. The van der Waals surface area contributed by atoms with E-state index in [0.29, 0.717) is 25.8 Å². The van der Waals surface area contributed by atoms with Crippen molar-refractivity contribution in [3.05, 3.63) is 41.6 Å². The number of carbonyl (C=O) groups is 2. The molecule has 0 bridgehead atoms. The van der Waals surface area contributed by atoms with Crippen molar-refractivity contribution in [2.45, 2.75) is 116 Å². The lowest BCUT2D eigenvalue weighted by atomic mass is 9.99. The average Bonchev–Trinajstić information content (AvgIpc) is 3.32. The highest BCUT2D eigenvalue weighted by Gasteiger charge is 2.38. The van der Waals surface area contributed by atoms with Crippen LogP contribution in [0.3, 0.4) is 0 Å². The van der Waals surface area contributed by atoms with Gasteiger partial charge in [0.25, 0.3) is 11.8 Å². The van der Waals surface area contributed by atoms with Gasteiger partial charge < -0.3 is 10.1 Å². The number of nitrogens with one attached hydrogen (secondary N) is 1. The smallest absolute Gasteiger partial charge is 0.417 e. The fourth-order valence-corrected chi connectivity index (χ4v) is 5.54. The number of carbonyl (C=O) groups excluding carboxylic acids is 2. The molecular formula is C31H43F5N4O3. The number of aromatic nitrogens is 2. The first-order valence-corrected chi connectivity index (χ1v) is 14.8. The maximum atomic E-state index is 14.1. The average molecular weight is 615 g/mol. The summed E-state index contributed by atoms with van der Waals surface area (Å²) < 4.78 is 76.9. The fraction of sp³-hybridized carbons (Fsp3) is 0.645. The molecule has 7 nitrogen and oxygen atoms in total. The molecule has 43 heavy (non-hydrogen) atoms. The topological polar surface area (TPSA) is 76.5 Å². The van der Waals surface area contributed by atoms with Crippen LogP contribution in [0.25, 0.3) is 11.3 Å². The first-order valence-electron chi connectivity index (χ1n) is 14.8. The van der Waals surface area contributed by atoms with Gasteiger partial charge >= 0.3 is 12.1 Å². The molecular weight excluding hydrogens is 571 g/mol. The van der Waals surface area contributed by atoms with E-state index in [9.17, 15) is 31.5 Å². The van der Waals surface area contributed by atoms with Gasteiger partial charge in [-0.1, -0.05) is 32.0 Å². The van der Waals surface area contributed by atoms with Gasteiger partial charge in [0.05, 0.1) is 30.3 Å². The summed E-state index contributed by atoms with van der Waals surface area (Å²) >= 11 is 0. The largest absolute Gasteiger partial charge is 0.460 e. The van der Waals surface area contributed by atoms with Gasteiger partial charge in [0.15, 0.2) is 5.69 Å². The van der Waals surface area contributed by atoms with Gasteiger partial charge in [-0.25, -0.2) is 8.78 Å². The minimum Gasteiger partial charge on any atom is -0.460 e. The fourth-order valence-electron chi connectivity index (χ4n) is 5.54. The number of ether oxygens (including phenoxy) is 1. The Morgan fingerprint density at radius 1 is 1.12 bits per heavy atom. The van der Waals surface area contributed by atoms with Gasteiger partial charge in [-0.3, -0.25) is 19.2 Å². The Hall–Kier alpha value is -3.02. The molecule has 0 spiro atoms. The minimum absolute atomic E-state index is 0.0987. The zero-order valence-electron chi connectivity index (χ0n) is 25.7. The maximum Gasteiger partial charge on any atom is 0.417 e. The second kappa shape index (κ2) is 13.7. The highest BCUT2D eigenvalue weighted by atomic mass is 19.4. The Balaban J connectivity index is 1.94. The quantitative estimate of drug-likeness (QED) is 0.213. The van der Waals surface area contributed by atoms with Gasteiger partial charge in [-0.15, -0.1) is 0 Å². The van der Waals surface area contributed by atoms with E-state index >= 15 is 0 Å². The van der Waals surface area contributed by atoms with Crippen LogP contribution in [0.4, 0.5) is 22.0 Å². The van der Waals surface area contributed by atoms with Crippen LogP contribution < -0.4 is 5.32 Å². The third-order valence-electron chi connectivity index (χ3n) is 7.60. The predicted molar refractivity (Wildman–Crippen MR) is 154 cm³/mol. The van der Waals surface area contributed by atoms with E-state index in [4.69, 9.17) is 4.74 Å². The van der Waals surface area contributed by atoms with Gasteiger partial charge in [0, 0.05) is 24.1 Å². The van der Waals surface area contributed by atoms with Crippen molar-refractivity contribution < 1.29 is 36.3 Å². The van der Waals surface area contributed by atoms with Crippen LogP contribution in [0, 0.1) is 0 Å². The van der Waals surface area contributed by atoms with Gasteiger partial charge in [0.2, 0.25) is 0 Å². The standard InChI is InChI=1S/C31H43F5N4O3/c1-7-22(8-2)40-26(23-12-9-10-13-24(23)31(34,35)36)18-25(38-40)28(42)37-21(17-27(41)43-29(4,5)6)16-20(3)39-15-11-14-30(32,33)19-39/h9-10,12-13,18,20-22H,7-8,11,14-17,19H2,1-6H3,(H,37,42). The van der Waals surface area contributed by atoms with Crippen LogP contribution in [0.15, 0.2) is 30.3 Å². The molecule has 0 saturated carbocycles. The number of benzene rings is 1. The molecule has 1 fully saturated rings. The van der Waals surface area contributed by atoms with Gasteiger partial charge in [-0.2, -0.15) is 18.3 Å². The summed E-state index contributed by atoms with van der Waals surface area (Å²) in [6, 6.07) is 5.01. The zero-order chi connectivity index (χ0) is 32.2. The number of hydrogen-bond donors (Lipinski definition) is 1. The molecule has 2 unspecified atom stereocenters. The first-order chi connectivity index (χ1) is 19.9. The van der Waals surface area contributed by atoms with E-state index < -0.39 is 53.8 Å². The molecule has 1 saturated heterocycles. The predicted octanol–water partition coefficient (Wildman–Crippen LogP) is 7.27. The van der Waals surface area contributed by atoms with Crippen LogP contribution in [-0.4, -0.2) is 63.3 Å². The Bertz CT molecular complexity index is 1250. The maximum absolute atomic E-state index is 14.1. The zero-order valence-corrected chi connectivity index (χ0v) is 25.7. The SMILES string of the molecule is CCC(CC)n1nc(C(=O)NC(CC(=O)OC(C)(C)C)CC(C)N2CCCC(F)(F)C2)cc1-c1ccccc1C(F)(F)F. The molecule has 0 radical (unpaired) electrons. The van der Waals surface area contributed by atoms with Crippen molar-refractivity contribution in [2.24, 2.45) is 0 Å². The Morgan fingerprint density at radius 3 is 2.35 bits per heavy atom. The Labute approximate surface area is 250 Å². The number of nitrogens with zero attached hydrogens (tertiary/aromatic N) is 3. The summed E-state index contributed by atoms with van der Waals surface area (Å²) in [4.78, 5) is 28.0. The third kappa shape index (κ3) is 9.48. The monoisotopic (exact) mass is 614 g/mol. The molecule has 3 rings (SSSR count). The molecule has 1 N–H and O–H groups in total. The van der Waals surface area contributed by atoms with Crippen molar-refractivity contribution in [2.75, 3.05) is 13.1 Å². The summed E-state index contributed by atoms with van der Waals surface area (Å²) in [6.45, 7) is 10.7. The van der Waals surface area contributed by atoms with Crippen molar-refractivity contribution in [1.82, 2.24) is 20.0 Å². The highest BCUT2D eigenvalue weighted by molar-refractivity contribution is 5.94. The van der Waals surface area contributed by atoms with Crippen LogP contribution in [-0.2, 0) is 15.7 Å². The van der Waals surface area contributed by atoms with E-state index in [0.717, 1.165) is 6.07 Å². The van der Waals surface area contributed by atoms with E-state index in [1.54, 1.807) is 32.6 Å². The highest BCUT2D eigenvalue weighted by Crippen LogP contribution is 2.38. The van der Waals surface area contributed by atoms with Crippen molar-refractivity contribution in [1.29, 1.82) is 0 Å². The van der Waals surface area contributed by atoms with E-state index in [-0.39, 0.29) is 42.3 Å². The van der Waals surface area contributed by atoms with Gasteiger partial charge in [0.1, 0.15) is 5.60 Å². The molecule has 0 aliphatic carbocycles. The number of likely N-dealkylation sites (tertiary alicyclic amines) is 1. The molecule has 12 heteroatoms. The van der Waals surface area contributed by atoms with Crippen LogP contribution in [0.5, 0.6) is 0 Å². The second-order valence-corrected chi connectivity index (χ2v) is 12.3. The number of hydrogen-bond acceptors (Lipinski definition) is 5. The van der Waals surface area contributed by atoms with E-state index in [1.165, 1.54) is 28.9 Å². The molecule has 2 atom stereocenters. The normalized spacial score (nSPS) is 17.5. The molecule has 2 heterocycles.